The number of halogens is 3. The molecule has 6 rings (SSSR count). The van der Waals surface area contributed by atoms with E-state index in [1.54, 1.807) is 18.3 Å². The summed E-state index contributed by atoms with van der Waals surface area (Å²) >= 11 is 0. The standard InChI is InChI=1S/C30H30F3N7O3/c1-17-13-36-25(34)24-23(38-26(40(17)24)20-4-3-11-39(14-20)28(42)29(2)15-43-16-29)18-5-7-19(8-6-18)27(41)37-22-12-21(9-10-35-22)30(31,32)33/h5-10,12-13,20H,3-4,11,14-16H2,1-2H3,(H2,34,36)(H,35,37,41)/i1D. The van der Waals surface area contributed by atoms with Gasteiger partial charge in [-0.2, -0.15) is 13.2 Å². The third-order valence-corrected chi connectivity index (χ3v) is 7.97. The van der Waals surface area contributed by atoms with Gasteiger partial charge in [-0.15, -0.1) is 0 Å². The van der Waals surface area contributed by atoms with Crippen LogP contribution in [0.25, 0.3) is 16.8 Å². The fourth-order valence-corrected chi connectivity index (χ4v) is 5.63. The first-order valence-electron chi connectivity index (χ1n) is 14.5. The van der Waals surface area contributed by atoms with Crippen molar-refractivity contribution in [2.24, 2.45) is 5.41 Å². The van der Waals surface area contributed by atoms with Gasteiger partial charge in [-0.1, -0.05) is 12.1 Å². The van der Waals surface area contributed by atoms with Crippen LogP contribution in [0.3, 0.4) is 0 Å². The van der Waals surface area contributed by atoms with Gasteiger partial charge < -0.3 is 20.7 Å². The molecule has 13 heteroatoms. The molecular weight excluding hydrogens is 563 g/mol. The number of nitrogens with two attached hydrogens (primary N) is 1. The fraction of sp³-hybridized carbons (Fsp3) is 0.367. The Labute approximate surface area is 246 Å². The van der Waals surface area contributed by atoms with E-state index in [0.717, 1.165) is 31.2 Å². The van der Waals surface area contributed by atoms with Gasteiger partial charge >= 0.3 is 6.18 Å². The molecule has 2 aliphatic heterocycles. The number of hydrogen-bond acceptors (Lipinski definition) is 7. The molecule has 0 saturated carbocycles. The quantitative estimate of drug-likeness (QED) is 0.343. The Kier molecular flexibility index (Phi) is 6.76. The lowest BCUT2D eigenvalue weighted by Crippen LogP contribution is -2.55. The maximum Gasteiger partial charge on any atom is 0.416 e. The van der Waals surface area contributed by atoms with Crippen molar-refractivity contribution in [3.63, 3.8) is 0 Å². The van der Waals surface area contributed by atoms with Crippen molar-refractivity contribution in [3.8, 4) is 11.3 Å². The number of likely N-dealkylation sites (tertiary alicyclic amines) is 1. The number of anilines is 2. The average Bonchev–Trinajstić information content (AvgIpc) is 3.41. The van der Waals surface area contributed by atoms with Crippen LogP contribution in [0.1, 0.15) is 54.5 Å². The molecule has 3 aromatic heterocycles. The number of nitrogens with one attached hydrogen (secondary N) is 1. The molecule has 10 nitrogen and oxygen atoms in total. The number of piperidine rings is 1. The Hall–Kier alpha value is -4.52. The first kappa shape index (κ1) is 27.3. The average molecular weight is 595 g/mol. The first-order chi connectivity index (χ1) is 21.0. The lowest BCUT2D eigenvalue weighted by Gasteiger charge is -2.42. The summed E-state index contributed by atoms with van der Waals surface area (Å²) in [5, 5.41) is 2.40. The lowest BCUT2D eigenvalue weighted by molar-refractivity contribution is -0.170. The van der Waals surface area contributed by atoms with Gasteiger partial charge in [-0.3, -0.25) is 14.0 Å². The highest BCUT2D eigenvalue weighted by Gasteiger charge is 2.45. The van der Waals surface area contributed by atoms with E-state index in [1.807, 2.05) is 16.2 Å². The van der Waals surface area contributed by atoms with E-state index in [9.17, 15) is 22.8 Å². The number of benzene rings is 1. The Morgan fingerprint density at radius 2 is 1.95 bits per heavy atom. The number of nitrogens with zero attached hydrogens (tertiary/aromatic N) is 5. The highest BCUT2D eigenvalue weighted by Crippen LogP contribution is 2.37. The third-order valence-electron chi connectivity index (χ3n) is 7.97. The number of ether oxygens (including phenoxy) is 1. The van der Waals surface area contributed by atoms with Gasteiger partial charge in [-0.25, -0.2) is 15.0 Å². The Bertz CT molecular complexity index is 1740. The zero-order valence-corrected chi connectivity index (χ0v) is 23.3. The second-order valence-electron chi connectivity index (χ2n) is 11.2. The number of amides is 2. The van der Waals surface area contributed by atoms with E-state index in [0.29, 0.717) is 54.6 Å². The summed E-state index contributed by atoms with van der Waals surface area (Å²) in [6, 6.07) is 7.99. The molecule has 1 unspecified atom stereocenters. The van der Waals surface area contributed by atoms with Gasteiger partial charge in [0.05, 0.1) is 24.2 Å². The minimum absolute atomic E-state index is 0.0608. The molecule has 4 aromatic rings. The smallest absolute Gasteiger partial charge is 0.382 e. The number of fused-ring (bicyclic) bond motifs is 1. The Morgan fingerprint density at radius 3 is 2.63 bits per heavy atom. The zero-order chi connectivity index (χ0) is 31.2. The molecule has 0 radical (unpaired) electrons. The van der Waals surface area contributed by atoms with Gasteiger partial charge in [-0.05, 0) is 50.9 Å². The van der Waals surface area contributed by atoms with Crippen molar-refractivity contribution in [2.75, 3.05) is 37.4 Å². The molecule has 3 N–H and O–H groups in total. The summed E-state index contributed by atoms with van der Waals surface area (Å²) in [4.78, 5) is 41.1. The molecule has 1 aromatic carbocycles. The third kappa shape index (κ3) is 5.29. The molecule has 1 atom stereocenters. The van der Waals surface area contributed by atoms with E-state index < -0.39 is 23.1 Å². The summed E-state index contributed by atoms with van der Waals surface area (Å²) in [6.45, 7) is 3.76. The number of alkyl halides is 3. The van der Waals surface area contributed by atoms with E-state index in [2.05, 4.69) is 15.3 Å². The van der Waals surface area contributed by atoms with Crippen molar-refractivity contribution in [1.29, 1.82) is 0 Å². The number of imidazole rings is 1. The molecule has 5 heterocycles. The number of pyridine rings is 1. The van der Waals surface area contributed by atoms with E-state index in [4.69, 9.17) is 16.8 Å². The van der Waals surface area contributed by atoms with Crippen LogP contribution in [-0.4, -0.2) is 62.4 Å². The minimum atomic E-state index is -4.57. The Morgan fingerprint density at radius 1 is 1.19 bits per heavy atom. The largest absolute Gasteiger partial charge is 0.416 e. The van der Waals surface area contributed by atoms with Crippen LogP contribution in [0.2, 0.25) is 0 Å². The minimum Gasteiger partial charge on any atom is -0.382 e. The van der Waals surface area contributed by atoms with Gasteiger partial charge in [0.25, 0.3) is 5.91 Å². The molecule has 2 aliphatic rings. The van der Waals surface area contributed by atoms with Crippen molar-refractivity contribution in [2.45, 2.75) is 38.8 Å². The molecule has 224 valence electrons. The lowest BCUT2D eigenvalue weighted by atomic mass is 9.85. The SMILES string of the molecule is [2H]Cc1cnc(N)c2c(-c3ccc(C(=O)Nc4cc(C(F)(F)F)ccn4)cc3)nc(C3CCCN(C(=O)C4(C)COC4)C3)n12. The Balaban J connectivity index is 1.31. The van der Waals surface area contributed by atoms with Crippen molar-refractivity contribution in [3.05, 3.63) is 71.4 Å². The molecule has 0 bridgehead atoms. The fourth-order valence-electron chi connectivity index (χ4n) is 5.63. The summed E-state index contributed by atoms with van der Waals surface area (Å²) in [5.41, 5.74) is 7.37. The normalized spacial score (nSPS) is 18.7. The first-order valence-corrected chi connectivity index (χ1v) is 13.8. The number of nitrogen functional groups attached to an aromatic ring is 1. The predicted molar refractivity (Wildman–Crippen MR) is 152 cm³/mol. The summed E-state index contributed by atoms with van der Waals surface area (Å²) in [7, 11) is 0. The van der Waals surface area contributed by atoms with E-state index in [-0.39, 0.29) is 35.9 Å². The summed E-state index contributed by atoms with van der Waals surface area (Å²) in [5.74, 6) is -0.0120. The van der Waals surface area contributed by atoms with Crippen LogP contribution < -0.4 is 11.1 Å². The van der Waals surface area contributed by atoms with Crippen molar-refractivity contribution in [1.82, 2.24) is 24.3 Å². The maximum absolute atomic E-state index is 13.3. The number of rotatable bonds is 5. The van der Waals surface area contributed by atoms with E-state index in [1.165, 1.54) is 12.1 Å². The number of aromatic nitrogens is 4. The molecule has 0 aliphatic carbocycles. The molecular formula is C30H30F3N7O3. The van der Waals surface area contributed by atoms with Crippen LogP contribution in [0.5, 0.6) is 0 Å². The van der Waals surface area contributed by atoms with Gasteiger partial charge in [0.15, 0.2) is 0 Å². The van der Waals surface area contributed by atoms with Crippen molar-refractivity contribution < 1.29 is 28.9 Å². The molecule has 2 amide bonds. The highest BCUT2D eigenvalue weighted by atomic mass is 19.4. The van der Waals surface area contributed by atoms with E-state index >= 15 is 0 Å². The van der Waals surface area contributed by atoms with Gasteiger partial charge in [0.2, 0.25) is 5.91 Å². The monoisotopic (exact) mass is 594 g/mol. The molecule has 0 spiro atoms. The predicted octanol–water partition coefficient (Wildman–Crippen LogP) is 4.70. The number of carbonyl (C=O) groups is 2. The van der Waals surface area contributed by atoms with Crippen LogP contribution in [-0.2, 0) is 15.7 Å². The van der Waals surface area contributed by atoms with Crippen LogP contribution >= 0.6 is 0 Å². The van der Waals surface area contributed by atoms with Gasteiger partial charge in [0.1, 0.15) is 28.7 Å². The summed E-state index contributed by atoms with van der Waals surface area (Å²) < 4.78 is 54.5. The highest BCUT2D eigenvalue weighted by molar-refractivity contribution is 6.04. The van der Waals surface area contributed by atoms with Crippen molar-refractivity contribution >= 4 is 29.0 Å². The second-order valence-corrected chi connectivity index (χ2v) is 11.2. The van der Waals surface area contributed by atoms with Gasteiger partial charge in [0, 0.05) is 49.6 Å². The molecule has 2 fully saturated rings. The topological polar surface area (TPSA) is 128 Å². The number of carbonyl (C=O) groups excluding carboxylic acids is 2. The number of hydrogen-bond donors (Lipinski definition) is 2. The second kappa shape index (κ2) is 10.6. The number of aryl methyl sites for hydroxylation is 1. The van der Waals surface area contributed by atoms with Crippen LogP contribution in [0.4, 0.5) is 24.8 Å². The van der Waals surface area contributed by atoms with Crippen LogP contribution in [0.15, 0.2) is 48.8 Å². The van der Waals surface area contributed by atoms with Crippen LogP contribution in [0, 0.1) is 12.3 Å². The maximum atomic E-state index is 13.3. The summed E-state index contributed by atoms with van der Waals surface area (Å²) in [6.07, 6.45) is -0.452. The zero-order valence-electron chi connectivity index (χ0n) is 24.3. The molecule has 2 saturated heterocycles. The molecule has 43 heavy (non-hydrogen) atoms.